The van der Waals surface area contributed by atoms with Crippen LogP contribution in [0.2, 0.25) is 0 Å². The largest absolute Gasteiger partial charge is 0.339 e. The molecular formula is C6H16N6. The number of rotatable bonds is 0. The van der Waals surface area contributed by atoms with Gasteiger partial charge < -0.3 is 4.90 Å². The number of nitrogens with zero attached hydrogens (tertiary/aromatic N) is 3. The van der Waals surface area contributed by atoms with Crippen molar-refractivity contribution in [2.75, 3.05) is 33.2 Å². The molecule has 1 heterocycles. The van der Waals surface area contributed by atoms with Crippen LogP contribution in [0.25, 0.3) is 0 Å². The summed E-state index contributed by atoms with van der Waals surface area (Å²) < 4.78 is 0. The Morgan fingerprint density at radius 3 is 2.25 bits per heavy atom. The standard InChI is InChI=1S/C6H16N6/c1-10(8)6(7)11-2-4-12(9)5-3-11/h7H,2-5,8-9H2,1H3. The van der Waals surface area contributed by atoms with Crippen LogP contribution in [0.5, 0.6) is 0 Å². The maximum Gasteiger partial charge on any atom is 0.208 e. The van der Waals surface area contributed by atoms with Gasteiger partial charge in [-0.1, -0.05) is 0 Å². The molecule has 0 radical (unpaired) electrons. The predicted molar refractivity (Wildman–Crippen MR) is 47.0 cm³/mol. The minimum absolute atomic E-state index is 0.350. The van der Waals surface area contributed by atoms with Gasteiger partial charge in [0, 0.05) is 33.2 Å². The smallest absolute Gasteiger partial charge is 0.208 e. The molecule has 0 aromatic heterocycles. The van der Waals surface area contributed by atoms with E-state index in [1.807, 2.05) is 4.90 Å². The van der Waals surface area contributed by atoms with Crippen molar-refractivity contribution in [3.05, 3.63) is 0 Å². The second kappa shape index (κ2) is 3.70. The van der Waals surface area contributed by atoms with Crippen LogP contribution in [0.1, 0.15) is 0 Å². The van der Waals surface area contributed by atoms with E-state index >= 15 is 0 Å². The number of hydrogen-bond acceptors (Lipinski definition) is 4. The van der Waals surface area contributed by atoms with Crippen LogP contribution in [0.4, 0.5) is 0 Å². The zero-order chi connectivity index (χ0) is 9.14. The Bertz CT molecular complexity index is 159. The summed E-state index contributed by atoms with van der Waals surface area (Å²) in [7, 11) is 1.66. The van der Waals surface area contributed by atoms with E-state index in [2.05, 4.69) is 0 Å². The molecule has 0 aromatic carbocycles. The van der Waals surface area contributed by atoms with Gasteiger partial charge in [0.15, 0.2) is 0 Å². The second-order valence-electron chi connectivity index (χ2n) is 2.96. The van der Waals surface area contributed by atoms with Gasteiger partial charge in [-0.2, -0.15) is 0 Å². The molecule has 0 aliphatic carbocycles. The van der Waals surface area contributed by atoms with Crippen LogP contribution < -0.4 is 11.7 Å². The quantitative estimate of drug-likeness (QED) is 0.174. The SMILES string of the molecule is CN(N)C(=N)N1CCN(N)CC1. The highest BCUT2D eigenvalue weighted by Crippen LogP contribution is 1.98. The van der Waals surface area contributed by atoms with E-state index in [9.17, 15) is 0 Å². The summed E-state index contributed by atoms with van der Waals surface area (Å²) >= 11 is 0. The van der Waals surface area contributed by atoms with Gasteiger partial charge in [0.25, 0.3) is 0 Å². The molecule has 70 valence electrons. The number of piperazine rings is 1. The lowest BCUT2D eigenvalue weighted by molar-refractivity contribution is 0.173. The summed E-state index contributed by atoms with van der Waals surface area (Å²) in [5.41, 5.74) is 0. The van der Waals surface area contributed by atoms with Gasteiger partial charge >= 0.3 is 0 Å². The Kier molecular flexibility index (Phi) is 2.85. The lowest BCUT2D eigenvalue weighted by Crippen LogP contribution is -2.55. The highest BCUT2D eigenvalue weighted by Gasteiger charge is 2.17. The van der Waals surface area contributed by atoms with Crippen LogP contribution in [0.3, 0.4) is 0 Å². The molecule has 1 aliphatic heterocycles. The second-order valence-corrected chi connectivity index (χ2v) is 2.96. The normalized spacial score (nSPS) is 19.4. The van der Waals surface area contributed by atoms with Crippen molar-refractivity contribution in [2.45, 2.75) is 0 Å². The Morgan fingerprint density at radius 2 is 1.83 bits per heavy atom. The minimum atomic E-state index is 0.350. The summed E-state index contributed by atoms with van der Waals surface area (Å²) in [6.07, 6.45) is 0. The third-order valence-corrected chi connectivity index (χ3v) is 1.95. The molecule has 0 bridgehead atoms. The summed E-state index contributed by atoms with van der Waals surface area (Å²) in [6.45, 7) is 3.13. The van der Waals surface area contributed by atoms with Crippen LogP contribution in [-0.4, -0.2) is 54.1 Å². The molecule has 5 N–H and O–H groups in total. The number of hydrogen-bond donors (Lipinski definition) is 3. The Morgan fingerprint density at radius 1 is 1.33 bits per heavy atom. The van der Waals surface area contributed by atoms with E-state index in [-0.39, 0.29) is 0 Å². The van der Waals surface area contributed by atoms with Gasteiger partial charge in [0.2, 0.25) is 5.96 Å². The van der Waals surface area contributed by atoms with Crippen molar-refractivity contribution in [3.63, 3.8) is 0 Å². The first-order chi connectivity index (χ1) is 5.61. The summed E-state index contributed by atoms with van der Waals surface area (Å²) in [4.78, 5) is 1.91. The summed E-state index contributed by atoms with van der Waals surface area (Å²) in [6, 6.07) is 0. The summed E-state index contributed by atoms with van der Waals surface area (Å²) in [5.74, 6) is 11.3. The number of hydrazine groups is 2. The molecule has 0 spiro atoms. The van der Waals surface area contributed by atoms with Crippen LogP contribution in [-0.2, 0) is 0 Å². The van der Waals surface area contributed by atoms with Gasteiger partial charge in [-0.25, -0.2) is 10.9 Å². The maximum atomic E-state index is 7.57. The average molecular weight is 172 g/mol. The zero-order valence-corrected chi connectivity index (χ0v) is 7.32. The van der Waals surface area contributed by atoms with Crippen LogP contribution in [0.15, 0.2) is 0 Å². The van der Waals surface area contributed by atoms with Gasteiger partial charge in [-0.3, -0.25) is 16.3 Å². The van der Waals surface area contributed by atoms with Crippen molar-refractivity contribution in [3.8, 4) is 0 Å². The average Bonchev–Trinajstić information content (AvgIpc) is 2.04. The molecule has 0 aromatic rings. The third kappa shape index (κ3) is 2.07. The Hall–Kier alpha value is -0.850. The van der Waals surface area contributed by atoms with Gasteiger partial charge in [-0.05, 0) is 0 Å². The molecule has 6 nitrogen and oxygen atoms in total. The van der Waals surface area contributed by atoms with Gasteiger partial charge in [0.05, 0.1) is 0 Å². The lowest BCUT2D eigenvalue weighted by Gasteiger charge is -2.35. The van der Waals surface area contributed by atoms with Gasteiger partial charge in [0.1, 0.15) is 0 Å². The highest BCUT2D eigenvalue weighted by molar-refractivity contribution is 5.76. The van der Waals surface area contributed by atoms with Crippen molar-refractivity contribution in [2.24, 2.45) is 11.7 Å². The first-order valence-corrected chi connectivity index (χ1v) is 3.93. The fourth-order valence-corrected chi connectivity index (χ4v) is 1.16. The molecule has 1 fully saturated rings. The monoisotopic (exact) mass is 172 g/mol. The van der Waals surface area contributed by atoms with E-state index in [0.29, 0.717) is 5.96 Å². The van der Waals surface area contributed by atoms with Crippen molar-refractivity contribution in [1.29, 1.82) is 5.41 Å². The van der Waals surface area contributed by atoms with Crippen LogP contribution in [0, 0.1) is 5.41 Å². The molecule has 0 atom stereocenters. The summed E-state index contributed by atoms with van der Waals surface area (Å²) in [5, 5.41) is 10.6. The third-order valence-electron chi connectivity index (χ3n) is 1.95. The van der Waals surface area contributed by atoms with E-state index in [1.54, 1.807) is 12.1 Å². The number of nitrogens with one attached hydrogen (secondary N) is 1. The molecule has 6 heteroatoms. The molecule has 1 rings (SSSR count). The fraction of sp³-hybridized carbons (Fsp3) is 0.833. The van der Waals surface area contributed by atoms with E-state index in [1.165, 1.54) is 5.01 Å². The lowest BCUT2D eigenvalue weighted by atomic mass is 10.4. The molecule has 0 saturated carbocycles. The van der Waals surface area contributed by atoms with Crippen molar-refractivity contribution < 1.29 is 0 Å². The molecule has 0 unspecified atom stereocenters. The minimum Gasteiger partial charge on any atom is -0.339 e. The molecule has 0 amide bonds. The highest BCUT2D eigenvalue weighted by atomic mass is 15.5. The zero-order valence-electron chi connectivity index (χ0n) is 7.32. The molecule has 12 heavy (non-hydrogen) atoms. The fourth-order valence-electron chi connectivity index (χ4n) is 1.16. The van der Waals surface area contributed by atoms with Crippen molar-refractivity contribution >= 4 is 5.96 Å². The van der Waals surface area contributed by atoms with Crippen molar-refractivity contribution in [1.82, 2.24) is 14.9 Å². The predicted octanol–water partition coefficient (Wildman–Crippen LogP) is -1.78. The van der Waals surface area contributed by atoms with E-state index in [0.717, 1.165) is 26.2 Å². The maximum absolute atomic E-state index is 7.57. The topological polar surface area (TPSA) is 85.6 Å². The van der Waals surface area contributed by atoms with E-state index in [4.69, 9.17) is 17.1 Å². The van der Waals surface area contributed by atoms with Gasteiger partial charge in [-0.15, -0.1) is 0 Å². The molecule has 1 aliphatic rings. The molecular weight excluding hydrogens is 156 g/mol. The Labute approximate surface area is 72.1 Å². The number of nitrogens with two attached hydrogens (primary N) is 2. The van der Waals surface area contributed by atoms with Crippen LogP contribution >= 0.6 is 0 Å². The van der Waals surface area contributed by atoms with E-state index < -0.39 is 0 Å². The Balaban J connectivity index is 2.39. The first kappa shape index (κ1) is 9.24. The first-order valence-electron chi connectivity index (χ1n) is 3.93. The number of guanidine groups is 1. The molecule has 1 saturated heterocycles.